The van der Waals surface area contributed by atoms with E-state index in [0.717, 1.165) is 20.8 Å². The molecule has 0 bridgehead atoms. The topological polar surface area (TPSA) is 80.9 Å². The van der Waals surface area contributed by atoms with E-state index < -0.39 is 0 Å². The summed E-state index contributed by atoms with van der Waals surface area (Å²) < 4.78 is 17.7. The van der Waals surface area contributed by atoms with Gasteiger partial charge in [0, 0.05) is 26.9 Å². The zero-order valence-electron chi connectivity index (χ0n) is 15.6. The number of amides is 1. The number of hydrogen-bond acceptors (Lipinski definition) is 5. The minimum absolute atomic E-state index is 0.188. The molecule has 0 saturated carbocycles. The van der Waals surface area contributed by atoms with Crippen molar-refractivity contribution in [2.24, 2.45) is 0 Å². The van der Waals surface area contributed by atoms with Gasteiger partial charge in [0.25, 0.3) is 5.91 Å². The monoisotopic (exact) mass is 455 g/mol. The second kappa shape index (κ2) is 8.14. The van der Waals surface area contributed by atoms with Gasteiger partial charge < -0.3 is 24.3 Å². The van der Waals surface area contributed by atoms with Crippen molar-refractivity contribution in [1.82, 2.24) is 0 Å². The number of aliphatic hydroxyl groups excluding tert-OH is 1. The average Bonchev–Trinajstić information content (AvgIpc) is 3.09. The van der Waals surface area contributed by atoms with Crippen LogP contribution in [0.1, 0.15) is 5.56 Å². The van der Waals surface area contributed by atoms with Crippen LogP contribution >= 0.6 is 15.9 Å². The fourth-order valence-electron chi connectivity index (χ4n) is 3.16. The third-order valence-electron chi connectivity index (χ3n) is 4.52. The van der Waals surface area contributed by atoms with Crippen LogP contribution in [0, 0.1) is 0 Å². The zero-order chi connectivity index (χ0) is 20.4. The lowest BCUT2D eigenvalue weighted by molar-refractivity contribution is -0.118. The number of rotatable bonds is 6. The predicted molar refractivity (Wildman–Crippen MR) is 114 cm³/mol. The van der Waals surface area contributed by atoms with E-state index in [1.54, 1.807) is 31.4 Å². The van der Waals surface area contributed by atoms with Crippen LogP contribution in [-0.4, -0.2) is 24.7 Å². The highest BCUT2D eigenvalue weighted by molar-refractivity contribution is 9.10. The Morgan fingerprint density at radius 2 is 1.90 bits per heavy atom. The van der Waals surface area contributed by atoms with Gasteiger partial charge >= 0.3 is 0 Å². The van der Waals surface area contributed by atoms with Gasteiger partial charge in [0.15, 0.2) is 6.61 Å². The van der Waals surface area contributed by atoms with E-state index in [9.17, 15) is 9.90 Å². The number of hydrogen-bond donors (Lipinski definition) is 2. The predicted octanol–water partition coefficient (Wildman–Crippen LogP) is 4.87. The van der Waals surface area contributed by atoms with Crippen LogP contribution in [0.15, 0.2) is 63.5 Å². The third-order valence-corrected chi connectivity index (χ3v) is 5.02. The minimum Gasteiger partial charge on any atom is -0.495 e. The highest BCUT2D eigenvalue weighted by Crippen LogP contribution is 2.36. The Kier molecular flexibility index (Phi) is 5.42. The van der Waals surface area contributed by atoms with E-state index in [1.807, 2.05) is 30.3 Å². The number of carbonyl (C=O) groups is 1. The molecule has 4 rings (SSSR count). The van der Waals surface area contributed by atoms with Crippen molar-refractivity contribution >= 4 is 49.5 Å². The Morgan fingerprint density at radius 3 is 2.69 bits per heavy atom. The van der Waals surface area contributed by atoms with Crippen LogP contribution in [0.2, 0.25) is 0 Å². The first-order valence-corrected chi connectivity index (χ1v) is 9.69. The molecule has 2 N–H and O–H groups in total. The molecule has 29 heavy (non-hydrogen) atoms. The molecular weight excluding hydrogens is 438 g/mol. The molecule has 1 heterocycles. The first kappa shape index (κ1) is 19.3. The number of aliphatic hydroxyl groups is 1. The van der Waals surface area contributed by atoms with Crippen molar-refractivity contribution in [3.63, 3.8) is 0 Å². The Bertz CT molecular complexity index is 1200. The van der Waals surface area contributed by atoms with Gasteiger partial charge in [0.1, 0.15) is 22.7 Å². The van der Waals surface area contributed by atoms with Gasteiger partial charge in [-0.25, -0.2) is 0 Å². The van der Waals surface area contributed by atoms with Crippen LogP contribution in [0.4, 0.5) is 5.69 Å². The third kappa shape index (κ3) is 3.92. The fourth-order valence-corrected chi connectivity index (χ4v) is 3.57. The molecule has 0 aliphatic carbocycles. The SMILES string of the molecule is COc1cc2c(cc1NC(=O)COc1ccc(Br)cc1CO)oc1ccccc12. The van der Waals surface area contributed by atoms with Crippen LogP contribution < -0.4 is 14.8 Å². The smallest absolute Gasteiger partial charge is 0.262 e. The largest absolute Gasteiger partial charge is 0.495 e. The molecule has 0 unspecified atom stereocenters. The van der Waals surface area contributed by atoms with E-state index in [0.29, 0.717) is 28.3 Å². The maximum absolute atomic E-state index is 12.4. The number of methoxy groups -OCH3 is 1. The average molecular weight is 456 g/mol. The van der Waals surface area contributed by atoms with E-state index in [-0.39, 0.29) is 19.1 Å². The summed E-state index contributed by atoms with van der Waals surface area (Å²) in [5, 5.41) is 14.1. The van der Waals surface area contributed by atoms with Crippen molar-refractivity contribution < 1.29 is 23.8 Å². The molecule has 1 aromatic heterocycles. The van der Waals surface area contributed by atoms with Crippen molar-refractivity contribution in [2.75, 3.05) is 19.0 Å². The number of fused-ring (bicyclic) bond motifs is 3. The number of ether oxygens (including phenoxy) is 2. The Morgan fingerprint density at radius 1 is 1.07 bits per heavy atom. The van der Waals surface area contributed by atoms with E-state index >= 15 is 0 Å². The zero-order valence-corrected chi connectivity index (χ0v) is 17.2. The number of halogens is 1. The summed E-state index contributed by atoms with van der Waals surface area (Å²) in [4.78, 5) is 12.4. The molecule has 0 fully saturated rings. The molecule has 0 spiro atoms. The molecule has 148 valence electrons. The van der Waals surface area contributed by atoms with E-state index in [4.69, 9.17) is 13.9 Å². The number of anilines is 1. The quantitative estimate of drug-likeness (QED) is 0.433. The van der Waals surface area contributed by atoms with E-state index in [1.165, 1.54) is 0 Å². The molecule has 0 saturated heterocycles. The standard InChI is InChI=1S/C22H18BrNO5/c1-27-21-9-16-15-4-2-3-5-19(15)29-20(16)10-17(21)24-22(26)12-28-18-7-6-14(23)8-13(18)11-25/h2-10,25H,11-12H2,1H3,(H,24,26). The van der Waals surface area contributed by atoms with Crippen LogP contribution in [0.3, 0.4) is 0 Å². The van der Waals surface area contributed by atoms with Gasteiger partial charge in [-0.3, -0.25) is 4.79 Å². The first-order chi connectivity index (χ1) is 14.1. The number of furan rings is 1. The summed E-state index contributed by atoms with van der Waals surface area (Å²) in [5.41, 5.74) is 2.50. The summed E-state index contributed by atoms with van der Waals surface area (Å²) in [6, 6.07) is 16.5. The fraction of sp³-hybridized carbons (Fsp3) is 0.136. The molecule has 1 amide bonds. The van der Waals surface area contributed by atoms with Gasteiger partial charge in [-0.2, -0.15) is 0 Å². The molecule has 0 atom stereocenters. The highest BCUT2D eigenvalue weighted by Gasteiger charge is 2.15. The lowest BCUT2D eigenvalue weighted by Gasteiger charge is -2.12. The lowest BCUT2D eigenvalue weighted by Crippen LogP contribution is -2.21. The molecular formula is C22H18BrNO5. The Hall–Kier alpha value is -3.03. The summed E-state index contributed by atoms with van der Waals surface area (Å²) in [6.07, 6.45) is 0. The molecule has 0 aliphatic rings. The second-order valence-corrected chi connectivity index (χ2v) is 7.31. The number of benzene rings is 3. The Labute approximate surface area is 175 Å². The molecule has 0 radical (unpaired) electrons. The van der Waals surface area contributed by atoms with Gasteiger partial charge in [0.2, 0.25) is 0 Å². The molecule has 4 aromatic rings. The summed E-state index contributed by atoms with van der Waals surface area (Å²) in [5.74, 6) is 0.619. The molecule has 7 heteroatoms. The van der Waals surface area contributed by atoms with Gasteiger partial charge in [-0.15, -0.1) is 0 Å². The summed E-state index contributed by atoms with van der Waals surface area (Å²) in [6.45, 7) is -0.400. The molecule has 0 aliphatic heterocycles. The molecule has 3 aromatic carbocycles. The Balaban J connectivity index is 1.55. The van der Waals surface area contributed by atoms with Gasteiger partial charge in [0.05, 0.1) is 19.4 Å². The summed E-state index contributed by atoms with van der Waals surface area (Å²) >= 11 is 3.34. The maximum Gasteiger partial charge on any atom is 0.262 e. The summed E-state index contributed by atoms with van der Waals surface area (Å²) in [7, 11) is 1.55. The maximum atomic E-state index is 12.4. The minimum atomic E-state index is -0.356. The lowest BCUT2D eigenvalue weighted by atomic mass is 10.1. The first-order valence-electron chi connectivity index (χ1n) is 8.90. The van der Waals surface area contributed by atoms with Crippen LogP contribution in [0.5, 0.6) is 11.5 Å². The normalized spacial score (nSPS) is 11.0. The molecule has 6 nitrogen and oxygen atoms in total. The highest BCUT2D eigenvalue weighted by atomic mass is 79.9. The van der Waals surface area contributed by atoms with Gasteiger partial charge in [-0.1, -0.05) is 34.1 Å². The van der Waals surface area contributed by atoms with Gasteiger partial charge in [-0.05, 0) is 30.3 Å². The number of para-hydroxylation sites is 1. The second-order valence-electron chi connectivity index (χ2n) is 6.39. The van der Waals surface area contributed by atoms with Crippen LogP contribution in [-0.2, 0) is 11.4 Å². The van der Waals surface area contributed by atoms with Crippen molar-refractivity contribution in [1.29, 1.82) is 0 Å². The van der Waals surface area contributed by atoms with E-state index in [2.05, 4.69) is 21.2 Å². The van der Waals surface area contributed by atoms with Crippen molar-refractivity contribution in [3.8, 4) is 11.5 Å². The van der Waals surface area contributed by atoms with Crippen molar-refractivity contribution in [2.45, 2.75) is 6.61 Å². The number of nitrogens with one attached hydrogen (secondary N) is 1. The van der Waals surface area contributed by atoms with Crippen LogP contribution in [0.25, 0.3) is 21.9 Å². The van der Waals surface area contributed by atoms with Crippen molar-refractivity contribution in [3.05, 3.63) is 64.6 Å². The number of carbonyl (C=O) groups excluding carboxylic acids is 1.